The number of fused-ring (bicyclic) bond motifs is 3. The average Bonchev–Trinajstić information content (AvgIpc) is 2.59. The summed E-state index contributed by atoms with van der Waals surface area (Å²) in [7, 11) is 0. The lowest BCUT2D eigenvalue weighted by atomic mass is 9.65. The lowest BCUT2D eigenvalue weighted by Crippen LogP contribution is -2.49. The van der Waals surface area contributed by atoms with Gasteiger partial charge in [-0.15, -0.1) is 12.4 Å². The van der Waals surface area contributed by atoms with Gasteiger partial charge in [-0.25, -0.2) is 0 Å². The number of carbonyl (C=O) groups is 1. The molecule has 3 N–H and O–H groups in total. The SMILES string of the molecule is Cl.NC1C2CCCC1CC(C(=O)NCC1CCOc3ccccc31)C2. The van der Waals surface area contributed by atoms with Crippen molar-refractivity contribution in [3.63, 3.8) is 0 Å². The van der Waals surface area contributed by atoms with Crippen molar-refractivity contribution in [2.75, 3.05) is 13.2 Å². The fourth-order valence-corrected chi connectivity index (χ4v) is 5.00. The van der Waals surface area contributed by atoms with Crippen molar-refractivity contribution in [2.45, 2.75) is 50.5 Å². The van der Waals surface area contributed by atoms with Gasteiger partial charge in [-0.2, -0.15) is 0 Å². The van der Waals surface area contributed by atoms with E-state index < -0.39 is 0 Å². The zero-order valence-corrected chi connectivity index (χ0v) is 15.5. The first-order chi connectivity index (χ1) is 11.7. The number of hydrogen-bond acceptors (Lipinski definition) is 3. The molecule has 0 aromatic heterocycles. The Morgan fingerprint density at radius 1 is 1.16 bits per heavy atom. The van der Waals surface area contributed by atoms with E-state index in [1.165, 1.54) is 24.8 Å². The summed E-state index contributed by atoms with van der Waals surface area (Å²) in [6, 6.07) is 8.52. The number of benzene rings is 1. The highest BCUT2D eigenvalue weighted by molar-refractivity contribution is 5.85. The monoisotopic (exact) mass is 364 g/mol. The number of hydrogen-bond donors (Lipinski definition) is 2. The van der Waals surface area contributed by atoms with Crippen LogP contribution in [0, 0.1) is 17.8 Å². The molecule has 2 saturated carbocycles. The average molecular weight is 365 g/mol. The molecule has 1 aromatic carbocycles. The molecule has 5 heteroatoms. The minimum Gasteiger partial charge on any atom is -0.493 e. The zero-order valence-electron chi connectivity index (χ0n) is 14.7. The molecule has 138 valence electrons. The Balaban J connectivity index is 0.00000182. The second-order valence-corrected chi connectivity index (χ2v) is 7.81. The molecule has 3 aliphatic rings. The summed E-state index contributed by atoms with van der Waals surface area (Å²) in [5, 5.41) is 3.23. The molecule has 2 aliphatic carbocycles. The van der Waals surface area contributed by atoms with Gasteiger partial charge in [-0.05, 0) is 55.6 Å². The van der Waals surface area contributed by atoms with Crippen molar-refractivity contribution in [1.29, 1.82) is 0 Å². The van der Waals surface area contributed by atoms with Gasteiger partial charge >= 0.3 is 0 Å². The third-order valence-corrected chi connectivity index (χ3v) is 6.39. The topological polar surface area (TPSA) is 64.4 Å². The highest BCUT2D eigenvalue weighted by atomic mass is 35.5. The van der Waals surface area contributed by atoms with Crippen molar-refractivity contribution >= 4 is 18.3 Å². The fraction of sp³-hybridized carbons (Fsp3) is 0.650. The van der Waals surface area contributed by atoms with Crippen LogP contribution < -0.4 is 15.8 Å². The maximum Gasteiger partial charge on any atom is 0.223 e. The summed E-state index contributed by atoms with van der Waals surface area (Å²) in [6.07, 6.45) is 6.62. The summed E-state index contributed by atoms with van der Waals surface area (Å²) >= 11 is 0. The molecule has 2 fully saturated rings. The third-order valence-electron chi connectivity index (χ3n) is 6.39. The number of carbonyl (C=O) groups excluding carboxylic acids is 1. The van der Waals surface area contributed by atoms with Crippen LogP contribution in [-0.2, 0) is 4.79 Å². The number of ether oxygens (including phenoxy) is 1. The molecule has 1 amide bonds. The van der Waals surface area contributed by atoms with E-state index in [1.807, 2.05) is 18.2 Å². The Morgan fingerprint density at radius 3 is 2.64 bits per heavy atom. The van der Waals surface area contributed by atoms with E-state index in [4.69, 9.17) is 10.5 Å². The molecule has 1 aromatic rings. The van der Waals surface area contributed by atoms with Crippen LogP contribution in [0.15, 0.2) is 24.3 Å². The lowest BCUT2D eigenvalue weighted by Gasteiger charge is -2.43. The molecule has 3 atom stereocenters. The van der Waals surface area contributed by atoms with Crippen molar-refractivity contribution < 1.29 is 9.53 Å². The number of nitrogens with one attached hydrogen (secondary N) is 1. The Kier molecular flexibility index (Phi) is 5.90. The van der Waals surface area contributed by atoms with E-state index in [0.29, 0.717) is 23.8 Å². The molecule has 0 radical (unpaired) electrons. The van der Waals surface area contributed by atoms with E-state index in [2.05, 4.69) is 11.4 Å². The van der Waals surface area contributed by atoms with Gasteiger partial charge < -0.3 is 15.8 Å². The summed E-state index contributed by atoms with van der Waals surface area (Å²) in [5.74, 6) is 2.84. The smallest absolute Gasteiger partial charge is 0.223 e. The second kappa shape index (κ2) is 7.96. The van der Waals surface area contributed by atoms with Crippen LogP contribution in [-0.4, -0.2) is 25.1 Å². The van der Waals surface area contributed by atoms with Gasteiger partial charge in [0.2, 0.25) is 5.91 Å². The fourth-order valence-electron chi connectivity index (χ4n) is 5.00. The van der Waals surface area contributed by atoms with Gasteiger partial charge in [0.15, 0.2) is 0 Å². The van der Waals surface area contributed by atoms with Gasteiger partial charge in [-0.1, -0.05) is 24.6 Å². The summed E-state index contributed by atoms with van der Waals surface area (Å²) in [6.45, 7) is 1.46. The number of amides is 1. The van der Waals surface area contributed by atoms with Crippen LogP contribution in [0.25, 0.3) is 0 Å². The maximum atomic E-state index is 12.7. The molecule has 1 heterocycles. The van der Waals surface area contributed by atoms with Crippen molar-refractivity contribution in [3.05, 3.63) is 29.8 Å². The normalized spacial score (nSPS) is 33.4. The van der Waals surface area contributed by atoms with Gasteiger partial charge in [0.05, 0.1) is 6.61 Å². The number of rotatable bonds is 3. The quantitative estimate of drug-likeness (QED) is 0.865. The Labute approximate surface area is 156 Å². The molecule has 1 aliphatic heterocycles. The van der Waals surface area contributed by atoms with E-state index in [0.717, 1.165) is 38.2 Å². The Bertz CT molecular complexity index is 595. The second-order valence-electron chi connectivity index (χ2n) is 7.81. The maximum absolute atomic E-state index is 12.7. The summed E-state index contributed by atoms with van der Waals surface area (Å²) in [5.41, 5.74) is 7.57. The van der Waals surface area contributed by atoms with Crippen LogP contribution in [0.4, 0.5) is 0 Å². The van der Waals surface area contributed by atoms with Crippen LogP contribution in [0.2, 0.25) is 0 Å². The molecular weight excluding hydrogens is 336 g/mol. The van der Waals surface area contributed by atoms with Gasteiger partial charge in [0.1, 0.15) is 5.75 Å². The van der Waals surface area contributed by atoms with Crippen molar-refractivity contribution in [1.82, 2.24) is 5.32 Å². The molecule has 0 saturated heterocycles. The highest BCUT2D eigenvalue weighted by Gasteiger charge is 2.40. The Hall–Kier alpha value is -1.26. The minimum absolute atomic E-state index is 0. The van der Waals surface area contributed by atoms with Gasteiger partial charge in [0.25, 0.3) is 0 Å². The molecule has 25 heavy (non-hydrogen) atoms. The first-order valence-electron chi connectivity index (χ1n) is 9.47. The molecule has 4 rings (SSSR count). The van der Waals surface area contributed by atoms with E-state index in [-0.39, 0.29) is 24.2 Å². The number of nitrogens with two attached hydrogens (primary N) is 1. The first kappa shape index (κ1) is 18.5. The van der Waals surface area contributed by atoms with Crippen molar-refractivity contribution in [3.8, 4) is 5.75 Å². The summed E-state index contributed by atoms with van der Waals surface area (Å²) < 4.78 is 5.71. The number of halogens is 1. The highest BCUT2D eigenvalue weighted by Crippen LogP contribution is 2.42. The standard InChI is InChI=1S/C20H28N2O2.ClH/c21-19-13-4-3-5-14(19)11-16(10-13)20(23)22-12-15-8-9-24-18-7-2-1-6-17(15)18;/h1-2,6-7,13-16,19H,3-5,8-12,21H2,(H,22,23);1H. The predicted molar refractivity (Wildman–Crippen MR) is 101 cm³/mol. The predicted octanol–water partition coefficient (Wildman–Crippen LogP) is 3.24. The van der Waals surface area contributed by atoms with E-state index in [1.54, 1.807) is 0 Å². The van der Waals surface area contributed by atoms with Gasteiger partial charge in [-0.3, -0.25) is 4.79 Å². The molecule has 2 bridgehead atoms. The molecule has 4 nitrogen and oxygen atoms in total. The summed E-state index contributed by atoms with van der Waals surface area (Å²) in [4.78, 5) is 12.7. The first-order valence-corrected chi connectivity index (χ1v) is 9.47. The van der Waals surface area contributed by atoms with Crippen LogP contribution >= 0.6 is 12.4 Å². The largest absolute Gasteiger partial charge is 0.493 e. The number of para-hydroxylation sites is 1. The van der Waals surface area contributed by atoms with E-state index in [9.17, 15) is 4.79 Å². The van der Waals surface area contributed by atoms with Gasteiger partial charge in [0, 0.05) is 24.4 Å². The Morgan fingerprint density at radius 2 is 1.88 bits per heavy atom. The zero-order chi connectivity index (χ0) is 16.5. The van der Waals surface area contributed by atoms with Crippen LogP contribution in [0.1, 0.15) is 50.0 Å². The van der Waals surface area contributed by atoms with Crippen LogP contribution in [0.5, 0.6) is 5.75 Å². The molecule has 3 unspecified atom stereocenters. The third kappa shape index (κ3) is 3.80. The molecule has 0 spiro atoms. The minimum atomic E-state index is 0. The molecular formula is C20H29ClN2O2. The van der Waals surface area contributed by atoms with Crippen LogP contribution in [0.3, 0.4) is 0 Å². The lowest BCUT2D eigenvalue weighted by molar-refractivity contribution is -0.128. The van der Waals surface area contributed by atoms with E-state index >= 15 is 0 Å². The van der Waals surface area contributed by atoms with Crippen molar-refractivity contribution in [2.24, 2.45) is 23.5 Å².